The molecule has 4 rings (SSSR count). The van der Waals surface area contributed by atoms with E-state index in [2.05, 4.69) is 11.8 Å². The summed E-state index contributed by atoms with van der Waals surface area (Å²) in [7, 11) is 1.35. The van der Waals surface area contributed by atoms with E-state index in [1.54, 1.807) is 22.9 Å². The first-order chi connectivity index (χ1) is 15.1. The predicted molar refractivity (Wildman–Crippen MR) is 122 cm³/mol. The Morgan fingerprint density at radius 3 is 2.45 bits per heavy atom. The summed E-state index contributed by atoms with van der Waals surface area (Å²) in [4.78, 5) is 24.6. The van der Waals surface area contributed by atoms with Crippen molar-refractivity contribution in [2.45, 2.75) is 13.0 Å². The highest BCUT2D eigenvalue weighted by Gasteiger charge is 2.07. The Bertz CT molecular complexity index is 1340. The minimum atomic E-state index is -0.379. The van der Waals surface area contributed by atoms with Crippen molar-refractivity contribution >= 4 is 16.7 Å². The monoisotopic (exact) mass is 407 g/mol. The fourth-order valence-corrected chi connectivity index (χ4v) is 3.39. The Balaban J connectivity index is 1.58. The van der Waals surface area contributed by atoms with E-state index in [0.29, 0.717) is 23.9 Å². The fraction of sp³-hybridized carbons (Fsp3) is 0.111. The van der Waals surface area contributed by atoms with E-state index in [-0.39, 0.29) is 11.5 Å². The molecule has 0 amide bonds. The van der Waals surface area contributed by atoms with Gasteiger partial charge >= 0.3 is 5.97 Å². The number of hydrogen-bond donors (Lipinski definition) is 0. The largest absolute Gasteiger partial charge is 0.465 e. The van der Waals surface area contributed by atoms with Crippen LogP contribution in [0.2, 0.25) is 0 Å². The van der Waals surface area contributed by atoms with E-state index >= 15 is 0 Å². The number of esters is 1. The first kappa shape index (κ1) is 20.2. The highest BCUT2D eigenvalue weighted by Crippen LogP contribution is 2.13. The second-order valence-electron chi connectivity index (χ2n) is 7.20. The van der Waals surface area contributed by atoms with Gasteiger partial charge in [-0.25, -0.2) is 4.79 Å². The summed E-state index contributed by atoms with van der Waals surface area (Å²) in [5, 5.41) is 1.52. The first-order valence-corrected chi connectivity index (χ1v) is 9.97. The van der Waals surface area contributed by atoms with Crippen molar-refractivity contribution in [1.29, 1.82) is 0 Å². The van der Waals surface area contributed by atoms with Crippen LogP contribution in [0.25, 0.3) is 10.8 Å². The minimum absolute atomic E-state index is 0.0683. The van der Waals surface area contributed by atoms with Gasteiger partial charge in [0.15, 0.2) is 0 Å². The molecule has 0 aliphatic heterocycles. The van der Waals surface area contributed by atoms with Crippen LogP contribution < -0.4 is 5.56 Å². The zero-order valence-electron chi connectivity index (χ0n) is 17.2. The van der Waals surface area contributed by atoms with Gasteiger partial charge in [0.1, 0.15) is 0 Å². The first-order valence-electron chi connectivity index (χ1n) is 9.97. The maximum Gasteiger partial charge on any atom is 0.337 e. The summed E-state index contributed by atoms with van der Waals surface area (Å²) in [6.45, 7) is 0.417. The molecule has 0 atom stereocenters. The molecule has 4 heteroatoms. The highest BCUT2D eigenvalue weighted by atomic mass is 16.5. The molecule has 0 N–H and O–H groups in total. The van der Waals surface area contributed by atoms with E-state index in [0.717, 1.165) is 22.1 Å². The van der Waals surface area contributed by atoms with Crippen molar-refractivity contribution in [1.82, 2.24) is 4.57 Å². The summed E-state index contributed by atoms with van der Waals surface area (Å²) in [5.74, 6) is 5.96. The number of hydrogen-bond acceptors (Lipinski definition) is 3. The zero-order valence-corrected chi connectivity index (χ0v) is 17.2. The summed E-state index contributed by atoms with van der Waals surface area (Å²) in [5.41, 5.74) is 3.32. The number of pyridine rings is 1. The Hall–Kier alpha value is -4.10. The van der Waals surface area contributed by atoms with Crippen LogP contribution in [0.15, 0.2) is 89.9 Å². The maximum absolute atomic E-state index is 13.0. The van der Waals surface area contributed by atoms with Crippen LogP contribution in [-0.4, -0.2) is 17.6 Å². The summed E-state index contributed by atoms with van der Waals surface area (Å²) >= 11 is 0. The number of aromatic nitrogens is 1. The number of nitrogens with zero attached hydrogens (tertiary/aromatic N) is 1. The van der Waals surface area contributed by atoms with Gasteiger partial charge in [0, 0.05) is 23.6 Å². The molecule has 4 aromatic rings. The van der Waals surface area contributed by atoms with Gasteiger partial charge in [-0.1, -0.05) is 60.4 Å². The molecule has 0 spiro atoms. The number of fused-ring (bicyclic) bond motifs is 1. The maximum atomic E-state index is 13.0. The number of carbonyl (C=O) groups excluding carboxylic acids is 1. The molecule has 0 unspecified atom stereocenters. The summed E-state index contributed by atoms with van der Waals surface area (Å²) < 4.78 is 6.38. The molecule has 4 nitrogen and oxygen atoms in total. The Kier molecular flexibility index (Phi) is 5.96. The van der Waals surface area contributed by atoms with Crippen LogP contribution in [0, 0.1) is 11.8 Å². The third-order valence-corrected chi connectivity index (χ3v) is 5.07. The van der Waals surface area contributed by atoms with Crippen molar-refractivity contribution in [2.24, 2.45) is 0 Å². The lowest BCUT2D eigenvalue weighted by Gasteiger charge is -2.08. The van der Waals surface area contributed by atoms with Crippen molar-refractivity contribution in [3.8, 4) is 11.8 Å². The minimum Gasteiger partial charge on any atom is -0.465 e. The van der Waals surface area contributed by atoms with Gasteiger partial charge in [0.2, 0.25) is 0 Å². The molecule has 0 bridgehead atoms. The quantitative estimate of drug-likeness (QED) is 0.371. The molecule has 31 heavy (non-hydrogen) atoms. The molecule has 1 heterocycles. The Morgan fingerprint density at radius 1 is 0.935 bits per heavy atom. The molecule has 152 valence electrons. The predicted octanol–water partition coefficient (Wildman–Crippen LogP) is 4.43. The van der Waals surface area contributed by atoms with E-state index in [4.69, 9.17) is 4.74 Å². The molecule has 0 fully saturated rings. The SMILES string of the molecule is COC(=O)c1ccc(Cn2ccc3ccc(C#CCc4ccccc4)cc3c2=O)cc1. The summed E-state index contributed by atoms with van der Waals surface area (Å²) in [6, 6.07) is 24.8. The standard InChI is InChI=1S/C27H21NO3/c1-31-27(30)24-14-11-22(12-15-24)19-28-17-16-23-13-10-21(18-25(23)26(28)29)9-5-8-20-6-3-2-4-7-20/h2-4,6-7,10-18H,8,19H2,1H3. The lowest BCUT2D eigenvalue weighted by atomic mass is 10.1. The summed E-state index contributed by atoms with van der Waals surface area (Å²) in [6.07, 6.45) is 2.46. The highest BCUT2D eigenvalue weighted by molar-refractivity contribution is 5.89. The molecular weight excluding hydrogens is 386 g/mol. The van der Waals surface area contributed by atoms with Crippen molar-refractivity contribution < 1.29 is 9.53 Å². The van der Waals surface area contributed by atoms with Gasteiger partial charge < -0.3 is 9.30 Å². The van der Waals surface area contributed by atoms with E-state index < -0.39 is 0 Å². The number of benzene rings is 3. The molecule has 0 aliphatic rings. The van der Waals surface area contributed by atoms with Crippen molar-refractivity contribution in [3.05, 3.63) is 118 Å². The lowest BCUT2D eigenvalue weighted by Crippen LogP contribution is -2.20. The number of rotatable bonds is 4. The Morgan fingerprint density at radius 2 is 1.71 bits per heavy atom. The van der Waals surface area contributed by atoms with Gasteiger partial charge in [-0.2, -0.15) is 0 Å². The number of carbonyl (C=O) groups is 1. The van der Waals surface area contributed by atoms with Crippen LogP contribution in [0.4, 0.5) is 0 Å². The Labute approximate surface area is 180 Å². The van der Waals surface area contributed by atoms with Gasteiger partial charge in [0.25, 0.3) is 5.56 Å². The van der Waals surface area contributed by atoms with Gasteiger partial charge in [-0.05, 0) is 46.8 Å². The molecule has 1 aromatic heterocycles. The molecular formula is C27H21NO3. The average Bonchev–Trinajstić information content (AvgIpc) is 2.82. The normalized spacial score (nSPS) is 10.4. The number of ether oxygens (including phenoxy) is 1. The van der Waals surface area contributed by atoms with Gasteiger partial charge in [-0.15, -0.1) is 0 Å². The van der Waals surface area contributed by atoms with Crippen LogP contribution >= 0.6 is 0 Å². The van der Waals surface area contributed by atoms with E-state index in [9.17, 15) is 9.59 Å². The molecule has 0 radical (unpaired) electrons. The van der Waals surface area contributed by atoms with Gasteiger partial charge in [0.05, 0.1) is 19.2 Å². The second kappa shape index (κ2) is 9.15. The van der Waals surface area contributed by atoms with Crippen molar-refractivity contribution in [2.75, 3.05) is 7.11 Å². The number of methoxy groups -OCH3 is 1. The zero-order chi connectivity index (χ0) is 21.6. The van der Waals surface area contributed by atoms with E-state index in [1.807, 2.05) is 66.7 Å². The molecule has 0 saturated carbocycles. The molecule has 3 aromatic carbocycles. The lowest BCUT2D eigenvalue weighted by molar-refractivity contribution is 0.0600. The van der Waals surface area contributed by atoms with Crippen LogP contribution in [0.3, 0.4) is 0 Å². The van der Waals surface area contributed by atoms with Crippen LogP contribution in [-0.2, 0) is 17.7 Å². The smallest absolute Gasteiger partial charge is 0.337 e. The molecule has 0 saturated heterocycles. The topological polar surface area (TPSA) is 48.3 Å². The molecule has 0 aliphatic carbocycles. The fourth-order valence-electron chi connectivity index (χ4n) is 3.39. The van der Waals surface area contributed by atoms with E-state index in [1.165, 1.54) is 7.11 Å². The second-order valence-corrected chi connectivity index (χ2v) is 7.20. The van der Waals surface area contributed by atoms with Crippen molar-refractivity contribution in [3.63, 3.8) is 0 Å². The average molecular weight is 407 g/mol. The third-order valence-electron chi connectivity index (χ3n) is 5.07. The third kappa shape index (κ3) is 4.73. The van der Waals surface area contributed by atoms with Crippen LogP contribution in [0.5, 0.6) is 0 Å². The van der Waals surface area contributed by atoms with Crippen LogP contribution in [0.1, 0.15) is 27.0 Å². The van der Waals surface area contributed by atoms with Gasteiger partial charge in [-0.3, -0.25) is 4.79 Å².